The number of benzene rings is 8. The van der Waals surface area contributed by atoms with Crippen LogP contribution in [-0.2, 0) is 0 Å². The van der Waals surface area contributed by atoms with E-state index in [0.717, 1.165) is 66.4 Å². The van der Waals surface area contributed by atoms with E-state index in [-0.39, 0.29) is 0 Å². The van der Waals surface area contributed by atoms with Crippen molar-refractivity contribution in [2.75, 3.05) is 0 Å². The summed E-state index contributed by atoms with van der Waals surface area (Å²) in [5.74, 6) is 2.32. The first-order valence-corrected chi connectivity index (χ1v) is 19.2. The molecule has 0 aliphatic carbocycles. The van der Waals surface area contributed by atoms with E-state index >= 15 is 0 Å². The van der Waals surface area contributed by atoms with Crippen LogP contribution in [-0.4, -0.2) is 19.9 Å². The Labute approximate surface area is 333 Å². The summed E-state index contributed by atoms with van der Waals surface area (Å²) in [5, 5.41) is 1.97. The zero-order valence-electron chi connectivity index (χ0n) is 31.1. The number of hydrogen-bond donors (Lipinski definition) is 0. The predicted molar refractivity (Wildman–Crippen MR) is 233 cm³/mol. The summed E-state index contributed by atoms with van der Waals surface area (Å²) in [4.78, 5) is 19.8. The van der Waals surface area contributed by atoms with E-state index in [1.54, 1.807) is 0 Å². The minimum Gasteiger partial charge on any atom is -0.455 e. The third kappa shape index (κ3) is 5.92. The second-order valence-electron chi connectivity index (χ2n) is 14.2. The summed E-state index contributed by atoms with van der Waals surface area (Å²) in [6.45, 7) is 0. The minimum absolute atomic E-state index is 0.544. The van der Waals surface area contributed by atoms with Crippen molar-refractivity contribution in [3.63, 3.8) is 0 Å². The van der Waals surface area contributed by atoms with Gasteiger partial charge in [-0.3, -0.25) is 0 Å². The Morgan fingerprint density at radius 3 is 1.57 bits per heavy atom. The molecule has 0 atom stereocenters. The van der Waals surface area contributed by atoms with Crippen LogP contribution in [0.15, 0.2) is 203 Å². The molecular formula is C52H32N4O2. The highest BCUT2D eigenvalue weighted by atomic mass is 16.3. The van der Waals surface area contributed by atoms with Gasteiger partial charge in [-0.05, 0) is 69.8 Å². The molecule has 0 amide bonds. The molecule has 11 aromatic rings. The van der Waals surface area contributed by atoms with Gasteiger partial charge >= 0.3 is 0 Å². The summed E-state index contributed by atoms with van der Waals surface area (Å²) in [6.07, 6.45) is 0. The highest BCUT2D eigenvalue weighted by molar-refractivity contribution is 6.15. The fourth-order valence-electron chi connectivity index (χ4n) is 7.83. The first-order chi connectivity index (χ1) is 28.7. The van der Waals surface area contributed by atoms with Crippen LogP contribution in [0.5, 0.6) is 0 Å². The molecule has 0 fully saturated rings. The van der Waals surface area contributed by atoms with Crippen LogP contribution in [0.2, 0.25) is 0 Å². The van der Waals surface area contributed by atoms with Crippen LogP contribution in [0.25, 0.3) is 112 Å². The van der Waals surface area contributed by atoms with Crippen molar-refractivity contribution in [1.82, 2.24) is 19.9 Å². The average molecular weight is 745 g/mol. The van der Waals surface area contributed by atoms with Crippen molar-refractivity contribution in [3.05, 3.63) is 194 Å². The van der Waals surface area contributed by atoms with Crippen LogP contribution in [0.3, 0.4) is 0 Å². The maximum Gasteiger partial charge on any atom is 0.227 e. The van der Waals surface area contributed by atoms with Crippen molar-refractivity contribution >= 4 is 33.0 Å². The molecule has 11 rings (SSSR count). The van der Waals surface area contributed by atoms with Crippen molar-refractivity contribution in [3.8, 4) is 79.0 Å². The van der Waals surface area contributed by atoms with Gasteiger partial charge in [-0.15, -0.1) is 0 Å². The first kappa shape index (κ1) is 33.4. The minimum atomic E-state index is 0.544. The number of para-hydroxylation sites is 1. The van der Waals surface area contributed by atoms with Gasteiger partial charge in [0.1, 0.15) is 16.7 Å². The van der Waals surface area contributed by atoms with Crippen LogP contribution < -0.4 is 0 Å². The van der Waals surface area contributed by atoms with Crippen molar-refractivity contribution < 1.29 is 8.83 Å². The topological polar surface area (TPSA) is 77.8 Å². The quantitative estimate of drug-likeness (QED) is 0.162. The van der Waals surface area contributed by atoms with Crippen molar-refractivity contribution in [2.24, 2.45) is 0 Å². The van der Waals surface area contributed by atoms with Crippen LogP contribution in [0.4, 0.5) is 0 Å². The molecule has 6 heteroatoms. The SMILES string of the molecule is c1ccc(-c2nc(-c3ccccc3)nc(-c3cccc4c3oc3cccc(-c5ccc6nc(-c7cccc(-c8ccccc8-c8ccccc8)c7)oc6c5)c34)n2)cc1. The molecule has 0 saturated carbocycles. The summed E-state index contributed by atoms with van der Waals surface area (Å²) in [6, 6.07) is 65.9. The van der Waals surface area contributed by atoms with Gasteiger partial charge in [0.15, 0.2) is 23.1 Å². The second-order valence-corrected chi connectivity index (χ2v) is 14.2. The fourth-order valence-corrected chi connectivity index (χ4v) is 7.83. The lowest BCUT2D eigenvalue weighted by Gasteiger charge is -2.11. The van der Waals surface area contributed by atoms with E-state index in [1.165, 1.54) is 11.1 Å². The molecule has 0 aliphatic rings. The van der Waals surface area contributed by atoms with E-state index in [2.05, 4.69) is 91.0 Å². The van der Waals surface area contributed by atoms with Gasteiger partial charge in [0, 0.05) is 27.5 Å². The largest absolute Gasteiger partial charge is 0.455 e. The van der Waals surface area contributed by atoms with Gasteiger partial charge in [-0.25, -0.2) is 19.9 Å². The molecule has 0 bridgehead atoms. The molecule has 0 saturated heterocycles. The fraction of sp³-hybridized carbons (Fsp3) is 0. The molecule has 0 aliphatic heterocycles. The van der Waals surface area contributed by atoms with Crippen LogP contribution in [0.1, 0.15) is 0 Å². The zero-order valence-corrected chi connectivity index (χ0v) is 31.1. The van der Waals surface area contributed by atoms with E-state index in [4.69, 9.17) is 28.8 Å². The first-order valence-electron chi connectivity index (χ1n) is 19.2. The molecule has 0 radical (unpaired) electrons. The zero-order chi connectivity index (χ0) is 38.4. The molecule has 8 aromatic carbocycles. The Morgan fingerprint density at radius 2 is 0.845 bits per heavy atom. The molecule has 0 N–H and O–H groups in total. The van der Waals surface area contributed by atoms with Gasteiger partial charge in [0.25, 0.3) is 0 Å². The third-order valence-corrected chi connectivity index (χ3v) is 10.6. The Bertz CT molecular complexity index is 3220. The lowest BCUT2D eigenvalue weighted by molar-refractivity contribution is 0.620. The van der Waals surface area contributed by atoms with Gasteiger partial charge in [-0.1, -0.05) is 158 Å². The van der Waals surface area contributed by atoms with E-state index in [0.29, 0.717) is 34.5 Å². The van der Waals surface area contributed by atoms with Gasteiger partial charge in [0.2, 0.25) is 5.89 Å². The number of fused-ring (bicyclic) bond motifs is 4. The monoisotopic (exact) mass is 744 g/mol. The number of hydrogen-bond acceptors (Lipinski definition) is 6. The second kappa shape index (κ2) is 14.0. The van der Waals surface area contributed by atoms with Gasteiger partial charge < -0.3 is 8.83 Å². The number of nitrogens with zero attached hydrogens (tertiary/aromatic N) is 4. The number of aromatic nitrogens is 4. The molecule has 0 spiro atoms. The molecule has 58 heavy (non-hydrogen) atoms. The summed E-state index contributed by atoms with van der Waals surface area (Å²) >= 11 is 0. The Kier molecular flexibility index (Phi) is 8.04. The van der Waals surface area contributed by atoms with Crippen molar-refractivity contribution in [2.45, 2.75) is 0 Å². The molecule has 0 unspecified atom stereocenters. The lowest BCUT2D eigenvalue weighted by Crippen LogP contribution is -2.00. The highest BCUT2D eigenvalue weighted by Gasteiger charge is 2.20. The summed E-state index contributed by atoms with van der Waals surface area (Å²) in [7, 11) is 0. The van der Waals surface area contributed by atoms with Gasteiger partial charge in [0.05, 0.1) is 5.56 Å². The predicted octanol–water partition coefficient (Wildman–Crippen LogP) is 13.6. The Morgan fingerprint density at radius 1 is 0.310 bits per heavy atom. The highest BCUT2D eigenvalue weighted by Crippen LogP contribution is 2.41. The van der Waals surface area contributed by atoms with Gasteiger partial charge in [-0.2, -0.15) is 0 Å². The van der Waals surface area contributed by atoms with Crippen LogP contribution in [0, 0.1) is 0 Å². The standard InChI is InChI=1S/C52H32N4O2/c1-4-15-33(16-5-1)39-23-10-11-24-40(39)36-21-12-22-38(31-36)52-53-44-30-29-37(32-46(44)58-52)41-25-14-28-45-47(41)42-26-13-27-43(48(42)57-45)51-55-49(34-17-6-2-7-18-34)54-50(56-51)35-19-8-3-9-20-35/h1-32H. The Hall–Kier alpha value is -7.96. The number of oxazole rings is 1. The maximum absolute atomic E-state index is 6.69. The van der Waals surface area contributed by atoms with Crippen LogP contribution >= 0.6 is 0 Å². The molecular weight excluding hydrogens is 713 g/mol. The maximum atomic E-state index is 6.69. The van der Waals surface area contributed by atoms with Crippen molar-refractivity contribution in [1.29, 1.82) is 0 Å². The molecule has 3 aromatic heterocycles. The molecule has 3 heterocycles. The van der Waals surface area contributed by atoms with E-state index in [9.17, 15) is 0 Å². The van der Waals surface area contributed by atoms with E-state index < -0.39 is 0 Å². The van der Waals surface area contributed by atoms with E-state index in [1.807, 2.05) is 103 Å². The molecule has 272 valence electrons. The lowest BCUT2D eigenvalue weighted by atomic mass is 9.94. The number of rotatable bonds is 7. The third-order valence-electron chi connectivity index (χ3n) is 10.6. The summed E-state index contributed by atoms with van der Waals surface area (Å²) in [5.41, 5.74) is 13.1. The number of furan rings is 1. The normalized spacial score (nSPS) is 11.4. The smallest absolute Gasteiger partial charge is 0.227 e. The Balaban J connectivity index is 0.994. The molecule has 6 nitrogen and oxygen atoms in total. The average Bonchev–Trinajstić information content (AvgIpc) is 3.92. The summed E-state index contributed by atoms with van der Waals surface area (Å²) < 4.78 is 13.2.